The van der Waals surface area contributed by atoms with E-state index < -0.39 is 0 Å². The molecule has 1 aromatic heterocycles. The quantitative estimate of drug-likeness (QED) is 0.627. The summed E-state index contributed by atoms with van der Waals surface area (Å²) >= 11 is 0. The number of carbonyl (C=O) groups is 1. The van der Waals surface area contributed by atoms with Crippen LogP contribution in [-0.2, 0) is 7.05 Å². The number of hydrogen-bond donors (Lipinski definition) is 1. The average Bonchev–Trinajstić information content (AvgIpc) is 2.73. The highest BCUT2D eigenvalue weighted by Crippen LogP contribution is 2.22. The number of nitrogens with two attached hydrogens (primary N) is 1. The monoisotopic (exact) mass is 244 g/mol. The molecule has 0 atom stereocenters. The minimum atomic E-state index is 0.240. The molecule has 1 aromatic carbocycles. The van der Waals surface area contributed by atoms with E-state index in [4.69, 9.17) is 5.73 Å². The summed E-state index contributed by atoms with van der Waals surface area (Å²) in [5.74, 6) is 0.240. The Balaban J connectivity index is 2.13. The van der Waals surface area contributed by atoms with Crippen molar-refractivity contribution in [3.05, 3.63) is 36.0 Å². The first kappa shape index (κ1) is 12.8. The third-order valence-electron chi connectivity index (χ3n) is 3.31. The Morgan fingerprint density at radius 2 is 2.00 bits per heavy atom. The number of rotatable bonds is 6. The first-order valence-electron chi connectivity index (χ1n) is 6.51. The van der Waals surface area contributed by atoms with E-state index in [1.54, 1.807) is 0 Å². The number of aryl methyl sites for hydroxylation is 1. The molecule has 18 heavy (non-hydrogen) atoms. The Labute approximate surface area is 108 Å². The van der Waals surface area contributed by atoms with Crippen LogP contribution in [0.1, 0.15) is 36.0 Å². The van der Waals surface area contributed by atoms with Crippen molar-refractivity contribution in [3.63, 3.8) is 0 Å². The van der Waals surface area contributed by atoms with Crippen molar-refractivity contribution in [1.29, 1.82) is 0 Å². The van der Waals surface area contributed by atoms with Gasteiger partial charge in [0.15, 0.2) is 5.78 Å². The Hall–Kier alpha value is -1.61. The van der Waals surface area contributed by atoms with Crippen molar-refractivity contribution in [3.8, 4) is 0 Å². The van der Waals surface area contributed by atoms with Crippen LogP contribution in [0.4, 0.5) is 0 Å². The Morgan fingerprint density at radius 3 is 2.78 bits per heavy atom. The number of ketones is 1. The fourth-order valence-electron chi connectivity index (χ4n) is 2.31. The van der Waals surface area contributed by atoms with Crippen LogP contribution >= 0.6 is 0 Å². The molecule has 0 spiro atoms. The van der Waals surface area contributed by atoms with Gasteiger partial charge in [-0.2, -0.15) is 0 Å². The highest BCUT2D eigenvalue weighted by Gasteiger charge is 2.12. The topological polar surface area (TPSA) is 48.0 Å². The Morgan fingerprint density at radius 1 is 1.22 bits per heavy atom. The molecule has 0 bridgehead atoms. The second-order valence-corrected chi connectivity index (χ2v) is 4.69. The average molecular weight is 244 g/mol. The van der Waals surface area contributed by atoms with Gasteiger partial charge in [-0.25, -0.2) is 0 Å². The number of carbonyl (C=O) groups excluding carboxylic acids is 1. The van der Waals surface area contributed by atoms with Gasteiger partial charge in [-0.05, 0) is 25.5 Å². The number of nitrogens with zero attached hydrogens (tertiary/aromatic N) is 1. The van der Waals surface area contributed by atoms with Crippen molar-refractivity contribution < 1.29 is 4.79 Å². The molecular formula is C15H20N2O. The van der Waals surface area contributed by atoms with E-state index in [-0.39, 0.29) is 5.78 Å². The van der Waals surface area contributed by atoms with E-state index in [1.165, 1.54) is 0 Å². The van der Waals surface area contributed by atoms with E-state index in [1.807, 2.05) is 42.1 Å². The summed E-state index contributed by atoms with van der Waals surface area (Å²) in [6.07, 6.45) is 5.53. The molecule has 3 nitrogen and oxygen atoms in total. The molecule has 0 radical (unpaired) electrons. The second kappa shape index (κ2) is 5.83. The smallest absolute Gasteiger partial charge is 0.165 e. The number of para-hydroxylation sites is 1. The molecular weight excluding hydrogens is 224 g/mol. The van der Waals surface area contributed by atoms with E-state index in [0.29, 0.717) is 13.0 Å². The van der Waals surface area contributed by atoms with Crippen LogP contribution in [0.15, 0.2) is 30.5 Å². The molecule has 0 amide bonds. The van der Waals surface area contributed by atoms with E-state index >= 15 is 0 Å². The molecule has 2 aromatic rings. The first-order valence-corrected chi connectivity index (χ1v) is 6.51. The summed E-state index contributed by atoms with van der Waals surface area (Å²) in [6.45, 7) is 0.711. The molecule has 0 unspecified atom stereocenters. The number of unbranched alkanes of at least 4 members (excludes halogenated alkanes) is 2. The zero-order valence-electron chi connectivity index (χ0n) is 10.9. The highest BCUT2D eigenvalue weighted by molar-refractivity contribution is 6.08. The third-order valence-corrected chi connectivity index (χ3v) is 3.31. The van der Waals surface area contributed by atoms with Crippen molar-refractivity contribution in [2.24, 2.45) is 12.8 Å². The largest absolute Gasteiger partial charge is 0.350 e. The van der Waals surface area contributed by atoms with Gasteiger partial charge in [-0.15, -0.1) is 0 Å². The molecule has 3 heteroatoms. The normalized spacial score (nSPS) is 11.0. The molecule has 0 aliphatic rings. The lowest BCUT2D eigenvalue weighted by atomic mass is 10.0. The minimum Gasteiger partial charge on any atom is -0.350 e. The highest BCUT2D eigenvalue weighted by atomic mass is 16.1. The van der Waals surface area contributed by atoms with E-state index in [0.717, 1.165) is 35.7 Å². The molecule has 0 saturated carbocycles. The van der Waals surface area contributed by atoms with Gasteiger partial charge >= 0.3 is 0 Å². The maximum atomic E-state index is 12.2. The van der Waals surface area contributed by atoms with Crippen LogP contribution in [0.2, 0.25) is 0 Å². The van der Waals surface area contributed by atoms with Gasteiger partial charge < -0.3 is 10.3 Å². The van der Waals surface area contributed by atoms with Gasteiger partial charge in [0.2, 0.25) is 0 Å². The van der Waals surface area contributed by atoms with Crippen molar-refractivity contribution >= 4 is 16.7 Å². The summed E-state index contributed by atoms with van der Waals surface area (Å²) in [4.78, 5) is 12.2. The molecule has 2 rings (SSSR count). The second-order valence-electron chi connectivity index (χ2n) is 4.69. The summed E-state index contributed by atoms with van der Waals surface area (Å²) in [6, 6.07) is 8.04. The van der Waals surface area contributed by atoms with Crippen molar-refractivity contribution in [1.82, 2.24) is 4.57 Å². The van der Waals surface area contributed by atoms with Gasteiger partial charge in [-0.3, -0.25) is 4.79 Å². The number of fused-ring (bicyclic) bond motifs is 1. The Bertz CT molecular complexity index is 542. The zero-order chi connectivity index (χ0) is 13.0. The molecule has 0 fully saturated rings. The maximum absolute atomic E-state index is 12.2. The fourth-order valence-corrected chi connectivity index (χ4v) is 2.31. The Kier molecular flexibility index (Phi) is 4.15. The SMILES string of the molecule is Cn1cc(C(=O)CCCCCN)c2ccccc21. The molecule has 96 valence electrons. The lowest BCUT2D eigenvalue weighted by Crippen LogP contribution is -2.01. The summed E-state index contributed by atoms with van der Waals surface area (Å²) in [5, 5.41) is 1.06. The van der Waals surface area contributed by atoms with Gasteiger partial charge in [0.25, 0.3) is 0 Å². The molecule has 0 saturated heterocycles. The van der Waals surface area contributed by atoms with E-state index in [2.05, 4.69) is 0 Å². The number of Topliss-reactive ketones (excluding diaryl/α,β-unsaturated/α-hetero) is 1. The lowest BCUT2D eigenvalue weighted by Gasteiger charge is -1.99. The number of hydrogen-bond acceptors (Lipinski definition) is 2. The number of benzene rings is 1. The summed E-state index contributed by atoms with van der Waals surface area (Å²) in [7, 11) is 1.98. The van der Waals surface area contributed by atoms with Crippen molar-refractivity contribution in [2.45, 2.75) is 25.7 Å². The maximum Gasteiger partial charge on any atom is 0.165 e. The predicted molar refractivity (Wildman–Crippen MR) is 74.8 cm³/mol. The number of aromatic nitrogens is 1. The summed E-state index contributed by atoms with van der Waals surface area (Å²) < 4.78 is 2.02. The molecule has 0 aliphatic carbocycles. The minimum absolute atomic E-state index is 0.240. The van der Waals surface area contributed by atoms with Gasteiger partial charge in [0.05, 0.1) is 0 Å². The lowest BCUT2D eigenvalue weighted by molar-refractivity contribution is 0.0980. The van der Waals surface area contributed by atoms with Crippen LogP contribution in [0.3, 0.4) is 0 Å². The molecule has 0 aliphatic heterocycles. The molecule has 1 heterocycles. The standard InChI is InChI=1S/C15H20N2O/c1-17-11-13(12-7-4-5-8-14(12)17)15(18)9-3-2-6-10-16/h4-5,7-8,11H,2-3,6,9-10,16H2,1H3. The van der Waals surface area contributed by atoms with Crippen LogP contribution in [0.25, 0.3) is 10.9 Å². The van der Waals surface area contributed by atoms with Crippen LogP contribution in [0.5, 0.6) is 0 Å². The van der Waals surface area contributed by atoms with Gasteiger partial charge in [0, 0.05) is 36.1 Å². The predicted octanol–water partition coefficient (Wildman–Crippen LogP) is 2.88. The van der Waals surface area contributed by atoms with Crippen molar-refractivity contribution in [2.75, 3.05) is 6.54 Å². The van der Waals surface area contributed by atoms with E-state index in [9.17, 15) is 4.79 Å². The fraction of sp³-hybridized carbons (Fsp3) is 0.400. The van der Waals surface area contributed by atoms with Crippen LogP contribution < -0.4 is 5.73 Å². The van der Waals surface area contributed by atoms with Crippen LogP contribution in [-0.4, -0.2) is 16.9 Å². The third kappa shape index (κ3) is 2.62. The van der Waals surface area contributed by atoms with Gasteiger partial charge in [-0.1, -0.05) is 24.6 Å². The first-order chi connectivity index (χ1) is 8.74. The summed E-state index contributed by atoms with van der Waals surface area (Å²) in [5.41, 5.74) is 7.41. The van der Waals surface area contributed by atoms with Gasteiger partial charge in [0.1, 0.15) is 0 Å². The molecule has 2 N–H and O–H groups in total. The van der Waals surface area contributed by atoms with Crippen LogP contribution in [0, 0.1) is 0 Å². The zero-order valence-corrected chi connectivity index (χ0v) is 10.9.